The first-order chi connectivity index (χ1) is 13.9. The molecule has 2 aromatic carbocycles. The molecule has 1 aromatic heterocycles. The van der Waals surface area contributed by atoms with Crippen molar-refractivity contribution in [3.8, 4) is 5.69 Å². The van der Waals surface area contributed by atoms with Crippen LogP contribution in [-0.4, -0.2) is 41.9 Å². The first-order valence-electron chi connectivity index (χ1n) is 9.19. The van der Waals surface area contributed by atoms with Gasteiger partial charge in [0, 0.05) is 24.0 Å². The van der Waals surface area contributed by atoms with Crippen molar-refractivity contribution in [2.75, 3.05) is 6.54 Å². The number of rotatable bonds is 3. The van der Waals surface area contributed by atoms with Crippen molar-refractivity contribution in [3.05, 3.63) is 59.8 Å². The van der Waals surface area contributed by atoms with E-state index < -0.39 is 22.5 Å². The lowest BCUT2D eigenvalue weighted by Gasteiger charge is -2.31. The summed E-state index contributed by atoms with van der Waals surface area (Å²) in [7, 11) is -3.97. The highest BCUT2D eigenvalue weighted by Crippen LogP contribution is 2.38. The van der Waals surface area contributed by atoms with Crippen LogP contribution in [0.2, 0.25) is 0 Å². The van der Waals surface area contributed by atoms with Gasteiger partial charge in [0.1, 0.15) is 5.52 Å². The lowest BCUT2D eigenvalue weighted by molar-refractivity contribution is -0.124. The number of aromatic nitrogens is 2. The van der Waals surface area contributed by atoms with Gasteiger partial charge in [-0.1, -0.05) is 24.3 Å². The predicted molar refractivity (Wildman–Crippen MR) is 103 cm³/mol. The van der Waals surface area contributed by atoms with Gasteiger partial charge in [-0.15, -0.1) is 5.06 Å². The minimum absolute atomic E-state index is 0.117. The molecule has 0 saturated carbocycles. The van der Waals surface area contributed by atoms with Crippen molar-refractivity contribution in [1.82, 2.24) is 14.8 Å². The molecule has 0 aliphatic carbocycles. The molecule has 1 amide bonds. The normalized spacial score (nSPS) is 23.9. The molecule has 2 N–H and O–H groups in total. The number of carbonyl (C=O) groups excluding carboxylic acids is 1. The summed E-state index contributed by atoms with van der Waals surface area (Å²) in [6.07, 6.45) is 2.79. The average molecular weight is 414 g/mol. The number of hydrogen-bond donors (Lipinski definition) is 1. The highest BCUT2D eigenvalue weighted by molar-refractivity contribution is 7.82. The van der Waals surface area contributed by atoms with E-state index in [0.717, 1.165) is 29.5 Å². The summed E-state index contributed by atoms with van der Waals surface area (Å²) in [4.78, 5) is 11.6. The lowest BCUT2D eigenvalue weighted by atomic mass is 9.89. The molecule has 2 aliphatic heterocycles. The van der Waals surface area contributed by atoms with Crippen LogP contribution in [0.1, 0.15) is 34.7 Å². The van der Waals surface area contributed by atoms with Gasteiger partial charge in [0.15, 0.2) is 6.23 Å². The van der Waals surface area contributed by atoms with Gasteiger partial charge in [0.25, 0.3) is 5.91 Å². The van der Waals surface area contributed by atoms with E-state index in [2.05, 4.69) is 5.10 Å². The van der Waals surface area contributed by atoms with Gasteiger partial charge < -0.3 is 5.73 Å². The highest BCUT2D eigenvalue weighted by atomic mass is 32.3. The average Bonchev–Trinajstić information content (AvgIpc) is 3.26. The molecule has 2 aliphatic rings. The third-order valence-corrected chi connectivity index (χ3v) is 6.12. The van der Waals surface area contributed by atoms with Crippen molar-refractivity contribution < 1.29 is 21.7 Å². The number of hydrogen-bond acceptors (Lipinski definition) is 7. The molecule has 3 aromatic rings. The van der Waals surface area contributed by atoms with Crippen molar-refractivity contribution in [3.63, 3.8) is 0 Å². The largest absolute Gasteiger partial charge is 0.418 e. The van der Waals surface area contributed by atoms with E-state index in [1.54, 1.807) is 16.8 Å². The summed E-state index contributed by atoms with van der Waals surface area (Å²) in [5, 5.41) is 6.71. The molecule has 29 heavy (non-hydrogen) atoms. The first kappa shape index (κ1) is 18.3. The lowest BCUT2D eigenvalue weighted by Crippen LogP contribution is -2.39. The molecule has 0 bridgehead atoms. The smallest absolute Gasteiger partial charge is 0.366 e. The first-order valence-corrected chi connectivity index (χ1v) is 10.5. The molecule has 10 heteroatoms. The third kappa shape index (κ3) is 3.19. The summed E-state index contributed by atoms with van der Waals surface area (Å²) in [6, 6.07) is 12.9. The Morgan fingerprint density at radius 3 is 2.72 bits per heavy atom. The number of fused-ring (bicyclic) bond motifs is 2. The van der Waals surface area contributed by atoms with Crippen LogP contribution in [0.5, 0.6) is 0 Å². The summed E-state index contributed by atoms with van der Waals surface area (Å²) in [6.45, 7) is 0.514. The van der Waals surface area contributed by atoms with E-state index in [0.29, 0.717) is 17.6 Å². The van der Waals surface area contributed by atoms with E-state index in [1.807, 2.05) is 36.5 Å². The predicted octanol–water partition coefficient (Wildman–Crippen LogP) is 1.84. The summed E-state index contributed by atoms with van der Waals surface area (Å²) in [5.74, 6) is -0.639. The van der Waals surface area contributed by atoms with Crippen LogP contribution in [0.4, 0.5) is 0 Å². The molecule has 5 rings (SSSR count). The maximum Gasteiger partial charge on any atom is 0.418 e. The number of nitrogens with zero attached hydrogens (tertiary/aromatic N) is 3. The van der Waals surface area contributed by atoms with E-state index in [1.165, 1.54) is 5.06 Å². The second-order valence-electron chi connectivity index (χ2n) is 7.13. The highest BCUT2D eigenvalue weighted by Gasteiger charge is 2.45. The molecule has 2 fully saturated rings. The Bertz CT molecular complexity index is 1210. The Hall–Kier alpha value is -2.79. The van der Waals surface area contributed by atoms with Crippen molar-refractivity contribution in [1.29, 1.82) is 0 Å². The molecule has 0 radical (unpaired) electrons. The zero-order valence-corrected chi connectivity index (χ0v) is 16.1. The van der Waals surface area contributed by atoms with Gasteiger partial charge in [-0.3, -0.25) is 4.79 Å². The Morgan fingerprint density at radius 1 is 1.17 bits per heavy atom. The number of nitrogens with two attached hydrogens (primary N) is 1. The van der Waals surface area contributed by atoms with Crippen LogP contribution in [-0.2, 0) is 18.9 Å². The quantitative estimate of drug-likeness (QED) is 0.695. The monoisotopic (exact) mass is 414 g/mol. The van der Waals surface area contributed by atoms with Crippen LogP contribution in [0.25, 0.3) is 16.6 Å². The maximum absolute atomic E-state index is 11.6. The number of primary amides is 1. The number of carbonyl (C=O) groups is 1. The number of amides is 1. The Kier molecular flexibility index (Phi) is 4.17. The molecule has 2 atom stereocenters. The second kappa shape index (κ2) is 6.63. The van der Waals surface area contributed by atoms with E-state index in [4.69, 9.17) is 14.2 Å². The molecule has 9 nitrogen and oxygen atoms in total. The van der Waals surface area contributed by atoms with Crippen molar-refractivity contribution in [2.45, 2.75) is 25.0 Å². The Balaban J connectivity index is 1.46. The van der Waals surface area contributed by atoms with Gasteiger partial charge in [-0.25, -0.2) is 8.86 Å². The summed E-state index contributed by atoms with van der Waals surface area (Å²) in [5.41, 5.74) is 8.13. The van der Waals surface area contributed by atoms with Gasteiger partial charge in [-0.05, 0) is 36.6 Å². The van der Waals surface area contributed by atoms with Crippen LogP contribution < -0.4 is 5.73 Å². The van der Waals surface area contributed by atoms with E-state index in [9.17, 15) is 13.2 Å². The number of piperidine rings is 1. The standard InChI is InChI=1S/C19H18N4O5S/c20-18(24)16-4-1-3-13-11-22(21-17(13)16)14-8-6-12(7-9-14)15-5-2-10-23-19(15)27-29(25,26)28-23/h1,3-4,6-9,11,15,19H,2,5,10H2,(H2,20,24)/t15-,19?/m0/s1. The Labute approximate surface area is 166 Å². The minimum Gasteiger partial charge on any atom is -0.366 e. The van der Waals surface area contributed by atoms with Gasteiger partial charge in [0.05, 0.1) is 11.3 Å². The molecule has 3 heterocycles. The topological polar surface area (TPSA) is 117 Å². The van der Waals surface area contributed by atoms with Crippen LogP contribution in [0.15, 0.2) is 48.7 Å². The second-order valence-corrected chi connectivity index (χ2v) is 8.29. The van der Waals surface area contributed by atoms with Gasteiger partial charge in [-0.2, -0.15) is 17.8 Å². The van der Waals surface area contributed by atoms with Crippen LogP contribution >= 0.6 is 0 Å². The van der Waals surface area contributed by atoms with Crippen LogP contribution in [0.3, 0.4) is 0 Å². The summed E-state index contributed by atoms with van der Waals surface area (Å²) < 4.78 is 35.0. The van der Waals surface area contributed by atoms with E-state index >= 15 is 0 Å². The molecule has 2 saturated heterocycles. The molecular weight excluding hydrogens is 396 g/mol. The van der Waals surface area contributed by atoms with E-state index in [-0.39, 0.29) is 5.92 Å². The zero-order valence-electron chi connectivity index (χ0n) is 15.3. The van der Waals surface area contributed by atoms with Gasteiger partial charge in [0.2, 0.25) is 0 Å². The molecule has 0 spiro atoms. The van der Waals surface area contributed by atoms with Crippen molar-refractivity contribution in [2.24, 2.45) is 5.73 Å². The number of hydroxylamine groups is 2. The molecule has 150 valence electrons. The maximum atomic E-state index is 11.6. The fourth-order valence-corrected chi connectivity index (χ4v) is 4.87. The van der Waals surface area contributed by atoms with Crippen LogP contribution in [0, 0.1) is 0 Å². The number of benzene rings is 2. The zero-order chi connectivity index (χ0) is 20.2. The van der Waals surface area contributed by atoms with Crippen molar-refractivity contribution >= 4 is 27.2 Å². The molecule has 1 unspecified atom stereocenters. The summed E-state index contributed by atoms with van der Waals surface area (Å²) >= 11 is 0. The fourth-order valence-electron chi connectivity index (χ4n) is 3.97. The Morgan fingerprint density at radius 2 is 1.97 bits per heavy atom. The third-order valence-electron chi connectivity index (χ3n) is 5.31. The molecular formula is C19H18N4O5S. The fraction of sp³-hybridized carbons (Fsp3) is 0.263. The minimum atomic E-state index is -3.97. The van der Waals surface area contributed by atoms with Gasteiger partial charge >= 0.3 is 10.4 Å². The SMILES string of the molecule is NC(=O)c1cccc2cn(-c3ccc([C@@H]4CCCN5OS(=O)(=O)OC45)cc3)nc12.